The minimum atomic E-state index is -1.21. The zero-order chi connectivity index (χ0) is 14.5. The van der Waals surface area contributed by atoms with Crippen LogP contribution in [0.1, 0.15) is 22.8 Å². The number of hydrogen-bond acceptors (Lipinski definition) is 2. The smallest absolute Gasteiger partial charge is 0.131 e. The molecule has 2 nitrogen and oxygen atoms in total. The molecule has 0 fully saturated rings. The van der Waals surface area contributed by atoms with Crippen molar-refractivity contribution >= 4 is 0 Å². The van der Waals surface area contributed by atoms with Crippen molar-refractivity contribution in [2.24, 2.45) is 0 Å². The van der Waals surface area contributed by atoms with Gasteiger partial charge in [-0.05, 0) is 30.2 Å². The maximum atomic E-state index is 13.5. The van der Waals surface area contributed by atoms with Gasteiger partial charge in [-0.3, -0.25) is 0 Å². The van der Waals surface area contributed by atoms with E-state index in [1.165, 1.54) is 6.07 Å². The minimum absolute atomic E-state index is 0.0895. The summed E-state index contributed by atoms with van der Waals surface area (Å²) in [5.41, 5.74) is 1.94. The zero-order valence-electron chi connectivity index (χ0n) is 11.2. The molecule has 2 aromatic carbocycles. The Morgan fingerprint density at radius 2 is 1.70 bits per heavy atom. The van der Waals surface area contributed by atoms with E-state index in [-0.39, 0.29) is 12.1 Å². The van der Waals surface area contributed by atoms with E-state index in [4.69, 9.17) is 0 Å². The Balaban J connectivity index is 1.96. The summed E-state index contributed by atoms with van der Waals surface area (Å²) in [4.78, 5) is 0. The molecule has 2 rings (SSSR count). The lowest BCUT2D eigenvalue weighted by Gasteiger charge is -2.14. The van der Waals surface area contributed by atoms with E-state index in [0.29, 0.717) is 6.54 Å². The molecule has 20 heavy (non-hydrogen) atoms. The molecule has 4 heteroatoms. The SMILES string of the molecule is Cc1ccccc1CNCC(O)c1c(F)cccc1F. The molecule has 0 saturated carbocycles. The first-order chi connectivity index (χ1) is 9.59. The standard InChI is InChI=1S/C16H17F2NO/c1-11-5-2-3-6-12(11)9-19-10-15(20)16-13(17)7-4-8-14(16)18/h2-8,15,19-20H,9-10H2,1H3. The summed E-state index contributed by atoms with van der Waals surface area (Å²) in [6, 6.07) is 11.4. The highest BCUT2D eigenvalue weighted by atomic mass is 19.1. The van der Waals surface area contributed by atoms with Crippen molar-refractivity contribution in [3.63, 3.8) is 0 Å². The van der Waals surface area contributed by atoms with Crippen LogP contribution in [0.25, 0.3) is 0 Å². The summed E-state index contributed by atoms with van der Waals surface area (Å²) in [5.74, 6) is -1.45. The Morgan fingerprint density at radius 1 is 1.05 bits per heavy atom. The number of halogens is 2. The van der Waals surface area contributed by atoms with E-state index in [1.54, 1.807) is 0 Å². The Morgan fingerprint density at radius 3 is 2.35 bits per heavy atom. The maximum Gasteiger partial charge on any atom is 0.131 e. The molecule has 106 valence electrons. The molecular weight excluding hydrogens is 260 g/mol. The third-order valence-electron chi connectivity index (χ3n) is 3.25. The number of aryl methyl sites for hydroxylation is 1. The molecule has 1 unspecified atom stereocenters. The molecule has 2 N–H and O–H groups in total. The summed E-state index contributed by atoms with van der Waals surface area (Å²) in [7, 11) is 0. The van der Waals surface area contributed by atoms with Gasteiger partial charge in [0.2, 0.25) is 0 Å². The van der Waals surface area contributed by atoms with Crippen LogP contribution in [-0.4, -0.2) is 11.7 Å². The van der Waals surface area contributed by atoms with Crippen LogP contribution >= 0.6 is 0 Å². The zero-order valence-corrected chi connectivity index (χ0v) is 11.2. The van der Waals surface area contributed by atoms with Crippen molar-refractivity contribution < 1.29 is 13.9 Å². The van der Waals surface area contributed by atoms with Crippen LogP contribution in [0, 0.1) is 18.6 Å². The monoisotopic (exact) mass is 277 g/mol. The number of benzene rings is 2. The number of hydrogen-bond donors (Lipinski definition) is 2. The normalized spacial score (nSPS) is 12.4. The summed E-state index contributed by atoms with van der Waals surface area (Å²) >= 11 is 0. The van der Waals surface area contributed by atoms with Gasteiger partial charge in [0.25, 0.3) is 0 Å². The fraction of sp³-hybridized carbons (Fsp3) is 0.250. The van der Waals surface area contributed by atoms with Crippen LogP contribution in [0.2, 0.25) is 0 Å². The summed E-state index contributed by atoms with van der Waals surface area (Å²) < 4.78 is 27.0. The largest absolute Gasteiger partial charge is 0.387 e. The topological polar surface area (TPSA) is 32.3 Å². The molecule has 0 radical (unpaired) electrons. The fourth-order valence-corrected chi connectivity index (χ4v) is 2.08. The molecule has 0 aliphatic heterocycles. The van der Waals surface area contributed by atoms with E-state index < -0.39 is 17.7 Å². The second-order valence-corrected chi connectivity index (χ2v) is 4.71. The highest BCUT2D eigenvalue weighted by Gasteiger charge is 2.17. The molecule has 0 bridgehead atoms. The Bertz CT molecular complexity index is 566. The third kappa shape index (κ3) is 3.40. The van der Waals surface area contributed by atoms with Crippen LogP contribution in [0.4, 0.5) is 8.78 Å². The van der Waals surface area contributed by atoms with Gasteiger partial charge in [-0.15, -0.1) is 0 Å². The number of aliphatic hydroxyl groups excluding tert-OH is 1. The Labute approximate surface area is 117 Å². The van der Waals surface area contributed by atoms with Crippen molar-refractivity contribution in [2.75, 3.05) is 6.54 Å². The van der Waals surface area contributed by atoms with Crippen molar-refractivity contribution in [3.05, 3.63) is 70.8 Å². The Hall–Kier alpha value is -1.78. The first kappa shape index (κ1) is 14.6. The van der Waals surface area contributed by atoms with Gasteiger partial charge >= 0.3 is 0 Å². The van der Waals surface area contributed by atoms with Gasteiger partial charge in [-0.2, -0.15) is 0 Å². The molecule has 0 aliphatic carbocycles. The molecule has 2 aromatic rings. The number of nitrogens with one attached hydrogen (secondary N) is 1. The van der Waals surface area contributed by atoms with Gasteiger partial charge in [-0.25, -0.2) is 8.78 Å². The van der Waals surface area contributed by atoms with Gasteiger partial charge < -0.3 is 10.4 Å². The lowest BCUT2D eigenvalue weighted by Crippen LogP contribution is -2.22. The number of rotatable bonds is 5. The predicted octanol–water partition coefficient (Wildman–Crippen LogP) is 3.10. The summed E-state index contributed by atoms with van der Waals surface area (Å²) in [6.45, 7) is 2.62. The van der Waals surface area contributed by atoms with Crippen LogP contribution < -0.4 is 5.32 Å². The third-order valence-corrected chi connectivity index (χ3v) is 3.25. The molecule has 0 heterocycles. The number of aliphatic hydroxyl groups is 1. The maximum absolute atomic E-state index is 13.5. The first-order valence-corrected chi connectivity index (χ1v) is 6.47. The summed E-state index contributed by atoms with van der Waals surface area (Å²) in [6.07, 6.45) is -1.21. The molecule has 0 aromatic heterocycles. The van der Waals surface area contributed by atoms with Crippen molar-refractivity contribution in [1.82, 2.24) is 5.32 Å². The fourth-order valence-electron chi connectivity index (χ4n) is 2.08. The van der Waals surface area contributed by atoms with Crippen LogP contribution in [0.5, 0.6) is 0 Å². The Kier molecular flexibility index (Phi) is 4.82. The summed E-state index contributed by atoms with van der Waals surface area (Å²) in [5, 5.41) is 12.9. The van der Waals surface area contributed by atoms with E-state index in [1.807, 2.05) is 31.2 Å². The van der Waals surface area contributed by atoms with Gasteiger partial charge in [-0.1, -0.05) is 30.3 Å². The molecule has 0 amide bonds. The van der Waals surface area contributed by atoms with Crippen molar-refractivity contribution in [1.29, 1.82) is 0 Å². The lowest BCUT2D eigenvalue weighted by atomic mass is 10.1. The predicted molar refractivity (Wildman–Crippen MR) is 74.2 cm³/mol. The van der Waals surface area contributed by atoms with Gasteiger partial charge in [0.1, 0.15) is 11.6 Å². The first-order valence-electron chi connectivity index (χ1n) is 6.47. The second kappa shape index (κ2) is 6.59. The van der Waals surface area contributed by atoms with Crippen molar-refractivity contribution in [3.8, 4) is 0 Å². The van der Waals surface area contributed by atoms with Crippen LogP contribution in [0.15, 0.2) is 42.5 Å². The van der Waals surface area contributed by atoms with Crippen LogP contribution in [-0.2, 0) is 6.54 Å². The quantitative estimate of drug-likeness (QED) is 0.880. The minimum Gasteiger partial charge on any atom is -0.387 e. The van der Waals surface area contributed by atoms with Crippen molar-refractivity contribution in [2.45, 2.75) is 19.6 Å². The van der Waals surface area contributed by atoms with Gasteiger partial charge in [0.15, 0.2) is 0 Å². The van der Waals surface area contributed by atoms with Gasteiger partial charge in [0.05, 0.1) is 11.7 Å². The lowest BCUT2D eigenvalue weighted by molar-refractivity contribution is 0.164. The van der Waals surface area contributed by atoms with E-state index in [0.717, 1.165) is 23.3 Å². The molecule has 0 spiro atoms. The second-order valence-electron chi connectivity index (χ2n) is 4.71. The average molecular weight is 277 g/mol. The molecule has 0 aliphatic rings. The van der Waals surface area contributed by atoms with E-state index in [2.05, 4.69) is 5.32 Å². The highest BCUT2D eigenvalue weighted by molar-refractivity contribution is 5.25. The van der Waals surface area contributed by atoms with E-state index in [9.17, 15) is 13.9 Å². The van der Waals surface area contributed by atoms with Gasteiger partial charge in [0, 0.05) is 13.1 Å². The molecule has 1 atom stereocenters. The molecular formula is C16H17F2NO. The van der Waals surface area contributed by atoms with Crippen LogP contribution in [0.3, 0.4) is 0 Å². The average Bonchev–Trinajstić information content (AvgIpc) is 2.41. The molecule has 0 saturated heterocycles. The van der Waals surface area contributed by atoms with E-state index >= 15 is 0 Å². The highest BCUT2D eigenvalue weighted by Crippen LogP contribution is 2.20.